The molecule has 0 bridgehead atoms. The highest BCUT2D eigenvalue weighted by Gasteiger charge is 2.15. The summed E-state index contributed by atoms with van der Waals surface area (Å²) in [4.78, 5) is 4.39. The van der Waals surface area contributed by atoms with Crippen molar-refractivity contribution in [1.82, 2.24) is 4.98 Å². The minimum Gasteiger partial charge on any atom is -0.477 e. The van der Waals surface area contributed by atoms with E-state index < -0.39 is 0 Å². The molecular weight excluding hydrogens is 200 g/mol. The van der Waals surface area contributed by atoms with Crippen molar-refractivity contribution in [3.63, 3.8) is 0 Å². The number of hydrogen-bond donors (Lipinski definition) is 1. The Morgan fingerprint density at radius 2 is 2.19 bits per heavy atom. The molecule has 16 heavy (non-hydrogen) atoms. The minimum atomic E-state index is 0.740. The van der Waals surface area contributed by atoms with Crippen molar-refractivity contribution in [3.8, 4) is 5.88 Å². The standard InChI is InChI=1S/C13H20N2O/c1-2-14-12-8-5-9-13(15-12)16-10-11-6-3-4-7-11/h5,8-9,11H,2-4,6-7,10H2,1H3,(H,14,15). The topological polar surface area (TPSA) is 34.1 Å². The van der Waals surface area contributed by atoms with Gasteiger partial charge in [-0.1, -0.05) is 18.9 Å². The lowest BCUT2D eigenvalue weighted by Crippen LogP contribution is -2.09. The van der Waals surface area contributed by atoms with E-state index in [0.717, 1.165) is 30.8 Å². The van der Waals surface area contributed by atoms with Crippen LogP contribution in [0.1, 0.15) is 32.6 Å². The summed E-state index contributed by atoms with van der Waals surface area (Å²) in [6, 6.07) is 5.87. The Morgan fingerprint density at radius 1 is 1.38 bits per heavy atom. The van der Waals surface area contributed by atoms with E-state index in [-0.39, 0.29) is 0 Å². The highest BCUT2D eigenvalue weighted by atomic mass is 16.5. The molecule has 1 heterocycles. The lowest BCUT2D eigenvalue weighted by Gasteiger charge is -2.11. The third-order valence-electron chi connectivity index (χ3n) is 3.02. The zero-order valence-corrected chi connectivity index (χ0v) is 9.91. The quantitative estimate of drug-likeness (QED) is 0.828. The number of aromatic nitrogens is 1. The fourth-order valence-electron chi connectivity index (χ4n) is 2.16. The third-order valence-corrected chi connectivity index (χ3v) is 3.02. The minimum absolute atomic E-state index is 0.740. The maximum atomic E-state index is 5.73. The van der Waals surface area contributed by atoms with Gasteiger partial charge in [0, 0.05) is 12.6 Å². The number of ether oxygens (including phenoxy) is 1. The van der Waals surface area contributed by atoms with Gasteiger partial charge in [-0.3, -0.25) is 0 Å². The van der Waals surface area contributed by atoms with Crippen LogP contribution in [-0.4, -0.2) is 18.1 Å². The molecule has 0 radical (unpaired) electrons. The van der Waals surface area contributed by atoms with Gasteiger partial charge in [-0.05, 0) is 31.7 Å². The first kappa shape index (κ1) is 11.2. The fraction of sp³-hybridized carbons (Fsp3) is 0.615. The van der Waals surface area contributed by atoms with Gasteiger partial charge in [-0.15, -0.1) is 0 Å². The Labute approximate surface area is 97.2 Å². The SMILES string of the molecule is CCNc1cccc(OCC2CCCC2)n1. The molecule has 3 nitrogen and oxygen atoms in total. The molecule has 1 aromatic rings. The molecule has 3 heteroatoms. The van der Waals surface area contributed by atoms with Crippen LogP contribution < -0.4 is 10.1 Å². The van der Waals surface area contributed by atoms with Gasteiger partial charge < -0.3 is 10.1 Å². The Balaban J connectivity index is 1.85. The second-order valence-corrected chi connectivity index (χ2v) is 4.35. The number of hydrogen-bond acceptors (Lipinski definition) is 3. The lowest BCUT2D eigenvalue weighted by atomic mass is 10.1. The Kier molecular flexibility index (Phi) is 4.03. The molecule has 0 aliphatic heterocycles. The van der Waals surface area contributed by atoms with E-state index in [1.165, 1.54) is 25.7 Å². The normalized spacial score (nSPS) is 16.3. The largest absolute Gasteiger partial charge is 0.477 e. The van der Waals surface area contributed by atoms with Gasteiger partial charge in [-0.25, -0.2) is 0 Å². The van der Waals surface area contributed by atoms with E-state index in [1.807, 2.05) is 18.2 Å². The van der Waals surface area contributed by atoms with E-state index in [0.29, 0.717) is 0 Å². The molecule has 0 unspecified atom stereocenters. The molecule has 1 aliphatic rings. The van der Waals surface area contributed by atoms with Crippen molar-refractivity contribution < 1.29 is 4.74 Å². The monoisotopic (exact) mass is 220 g/mol. The second kappa shape index (κ2) is 5.73. The van der Waals surface area contributed by atoms with Gasteiger partial charge in [0.1, 0.15) is 5.82 Å². The first-order valence-electron chi connectivity index (χ1n) is 6.22. The van der Waals surface area contributed by atoms with Crippen molar-refractivity contribution in [2.24, 2.45) is 5.92 Å². The maximum Gasteiger partial charge on any atom is 0.215 e. The molecule has 1 N–H and O–H groups in total. The summed E-state index contributed by atoms with van der Waals surface area (Å²) in [7, 11) is 0. The molecule has 0 amide bonds. The molecule has 1 fully saturated rings. The van der Waals surface area contributed by atoms with Crippen LogP contribution in [0, 0.1) is 5.92 Å². The Hall–Kier alpha value is -1.25. The zero-order valence-electron chi connectivity index (χ0n) is 9.91. The molecule has 0 saturated heterocycles. The van der Waals surface area contributed by atoms with Gasteiger partial charge in [0.2, 0.25) is 5.88 Å². The van der Waals surface area contributed by atoms with Crippen molar-refractivity contribution in [3.05, 3.63) is 18.2 Å². The van der Waals surface area contributed by atoms with E-state index in [1.54, 1.807) is 0 Å². The third kappa shape index (κ3) is 3.12. The maximum absolute atomic E-state index is 5.73. The first-order valence-corrected chi connectivity index (χ1v) is 6.22. The molecular formula is C13H20N2O. The molecule has 1 aliphatic carbocycles. The molecule has 1 aromatic heterocycles. The Bertz CT molecular complexity index is 321. The smallest absolute Gasteiger partial charge is 0.215 e. The molecule has 0 spiro atoms. The average molecular weight is 220 g/mol. The van der Waals surface area contributed by atoms with E-state index in [4.69, 9.17) is 4.74 Å². The van der Waals surface area contributed by atoms with Crippen LogP contribution in [0.15, 0.2) is 18.2 Å². The number of nitrogens with zero attached hydrogens (tertiary/aromatic N) is 1. The average Bonchev–Trinajstić information content (AvgIpc) is 2.80. The van der Waals surface area contributed by atoms with Crippen molar-refractivity contribution in [2.45, 2.75) is 32.6 Å². The van der Waals surface area contributed by atoms with Gasteiger partial charge >= 0.3 is 0 Å². The van der Waals surface area contributed by atoms with Crippen LogP contribution in [0.5, 0.6) is 5.88 Å². The number of pyridine rings is 1. The van der Waals surface area contributed by atoms with Crippen LogP contribution in [0.4, 0.5) is 5.82 Å². The summed E-state index contributed by atoms with van der Waals surface area (Å²) in [5, 5.41) is 3.18. The highest BCUT2D eigenvalue weighted by molar-refractivity contribution is 5.36. The summed E-state index contributed by atoms with van der Waals surface area (Å²) < 4.78 is 5.73. The predicted octanol–water partition coefficient (Wildman–Crippen LogP) is 3.08. The lowest BCUT2D eigenvalue weighted by molar-refractivity contribution is 0.244. The summed E-state index contributed by atoms with van der Waals surface area (Å²) in [5.74, 6) is 2.38. The van der Waals surface area contributed by atoms with Crippen molar-refractivity contribution >= 4 is 5.82 Å². The van der Waals surface area contributed by atoms with Gasteiger partial charge in [0.15, 0.2) is 0 Å². The highest BCUT2D eigenvalue weighted by Crippen LogP contribution is 2.25. The number of nitrogens with one attached hydrogen (secondary N) is 1. The van der Waals surface area contributed by atoms with E-state index >= 15 is 0 Å². The van der Waals surface area contributed by atoms with Crippen LogP contribution in [0.3, 0.4) is 0 Å². The predicted molar refractivity (Wildman–Crippen MR) is 65.9 cm³/mol. The van der Waals surface area contributed by atoms with Gasteiger partial charge in [0.25, 0.3) is 0 Å². The van der Waals surface area contributed by atoms with Gasteiger partial charge in [0.05, 0.1) is 6.61 Å². The van der Waals surface area contributed by atoms with E-state index in [2.05, 4.69) is 17.2 Å². The van der Waals surface area contributed by atoms with Crippen molar-refractivity contribution in [2.75, 3.05) is 18.5 Å². The van der Waals surface area contributed by atoms with E-state index in [9.17, 15) is 0 Å². The number of anilines is 1. The van der Waals surface area contributed by atoms with Crippen LogP contribution >= 0.6 is 0 Å². The summed E-state index contributed by atoms with van der Waals surface area (Å²) in [5.41, 5.74) is 0. The zero-order chi connectivity index (χ0) is 11.2. The molecule has 0 atom stereocenters. The molecule has 88 valence electrons. The summed E-state index contributed by atoms with van der Waals surface area (Å²) >= 11 is 0. The summed E-state index contributed by atoms with van der Waals surface area (Å²) in [6.45, 7) is 3.77. The molecule has 0 aromatic carbocycles. The Morgan fingerprint density at radius 3 is 2.94 bits per heavy atom. The van der Waals surface area contributed by atoms with Crippen LogP contribution in [0.25, 0.3) is 0 Å². The van der Waals surface area contributed by atoms with Crippen LogP contribution in [0.2, 0.25) is 0 Å². The molecule has 1 saturated carbocycles. The van der Waals surface area contributed by atoms with Crippen molar-refractivity contribution in [1.29, 1.82) is 0 Å². The fourth-order valence-corrected chi connectivity index (χ4v) is 2.16. The number of rotatable bonds is 5. The molecule has 2 rings (SSSR count). The summed E-state index contributed by atoms with van der Waals surface area (Å²) in [6.07, 6.45) is 5.34. The van der Waals surface area contributed by atoms with Crippen LogP contribution in [-0.2, 0) is 0 Å². The second-order valence-electron chi connectivity index (χ2n) is 4.35. The van der Waals surface area contributed by atoms with Gasteiger partial charge in [-0.2, -0.15) is 4.98 Å². The first-order chi connectivity index (χ1) is 7.88.